The molecule has 1 N–H and O–H groups in total. The van der Waals surface area contributed by atoms with Gasteiger partial charge >= 0.3 is 0 Å². The van der Waals surface area contributed by atoms with Gasteiger partial charge in [0.1, 0.15) is 12.4 Å². The molecule has 1 saturated carbocycles. The fraction of sp³-hybridized carbons (Fsp3) is 0.476. The number of benzene rings is 1. The van der Waals surface area contributed by atoms with E-state index in [0.717, 1.165) is 30.4 Å². The Morgan fingerprint density at radius 3 is 2.86 bits per heavy atom. The number of rotatable bonds is 3. The number of hydrogen-bond donors (Lipinski definition) is 1. The maximum Gasteiger partial charge on any atom is 0.267 e. The molecular weight excluding hydrogens is 361 g/mol. The van der Waals surface area contributed by atoms with Gasteiger partial charge in [0, 0.05) is 30.6 Å². The predicted octanol–water partition coefficient (Wildman–Crippen LogP) is 2.20. The Labute approximate surface area is 162 Å². The second kappa shape index (κ2) is 7.47. The first-order valence-electron chi connectivity index (χ1n) is 9.79. The highest BCUT2D eigenvalue weighted by Gasteiger charge is 2.43. The minimum Gasteiger partial charge on any atom is -0.389 e. The lowest BCUT2D eigenvalue weighted by molar-refractivity contribution is -0.144. The van der Waals surface area contributed by atoms with Gasteiger partial charge in [0.25, 0.3) is 5.56 Å². The predicted molar refractivity (Wildman–Crippen MR) is 102 cm³/mol. The second-order valence-electron chi connectivity index (χ2n) is 7.83. The summed E-state index contributed by atoms with van der Waals surface area (Å²) in [6.45, 7) is 0.803. The highest BCUT2D eigenvalue weighted by molar-refractivity contribution is 5.76. The fourth-order valence-electron chi connectivity index (χ4n) is 4.40. The highest BCUT2D eigenvalue weighted by Crippen LogP contribution is 2.39. The van der Waals surface area contributed by atoms with Crippen LogP contribution in [0.5, 0.6) is 0 Å². The average Bonchev–Trinajstić information content (AvgIpc) is 2.69. The van der Waals surface area contributed by atoms with Gasteiger partial charge in [-0.15, -0.1) is 0 Å². The van der Waals surface area contributed by atoms with E-state index < -0.39 is 17.0 Å². The summed E-state index contributed by atoms with van der Waals surface area (Å²) in [7, 11) is 0. The van der Waals surface area contributed by atoms with E-state index in [2.05, 4.69) is 5.10 Å². The number of carbonyl (C=O) groups excluding carboxylic acids is 1. The molecule has 0 unspecified atom stereocenters. The van der Waals surface area contributed by atoms with Gasteiger partial charge in [0.15, 0.2) is 0 Å². The van der Waals surface area contributed by atoms with E-state index >= 15 is 0 Å². The summed E-state index contributed by atoms with van der Waals surface area (Å²) in [6, 6.07) is 8.96. The van der Waals surface area contributed by atoms with Crippen LogP contribution >= 0.6 is 0 Å². The molecule has 1 aromatic heterocycles. The minimum absolute atomic E-state index is 0.0911. The molecule has 4 rings (SSSR count). The van der Waals surface area contributed by atoms with Crippen molar-refractivity contribution in [3.8, 4) is 11.3 Å². The van der Waals surface area contributed by atoms with Crippen LogP contribution in [-0.4, -0.2) is 44.4 Å². The van der Waals surface area contributed by atoms with Crippen molar-refractivity contribution in [2.45, 2.75) is 44.2 Å². The van der Waals surface area contributed by atoms with E-state index in [1.807, 2.05) is 0 Å². The number of carbonyl (C=O) groups is 1. The largest absolute Gasteiger partial charge is 0.389 e. The molecule has 1 saturated heterocycles. The first-order valence-corrected chi connectivity index (χ1v) is 9.79. The topological polar surface area (TPSA) is 75.4 Å². The third kappa shape index (κ3) is 3.58. The Hall–Kier alpha value is -2.54. The zero-order valence-electron chi connectivity index (χ0n) is 15.7. The van der Waals surface area contributed by atoms with Gasteiger partial charge in [-0.1, -0.05) is 25.0 Å². The van der Waals surface area contributed by atoms with Crippen LogP contribution in [0.1, 0.15) is 32.1 Å². The van der Waals surface area contributed by atoms with Crippen molar-refractivity contribution in [2.24, 2.45) is 5.92 Å². The normalized spacial score (nSPS) is 24.6. The molecule has 2 atom stereocenters. The van der Waals surface area contributed by atoms with E-state index in [9.17, 15) is 19.1 Å². The summed E-state index contributed by atoms with van der Waals surface area (Å²) in [6.07, 6.45) is 4.39. The number of halogens is 1. The Kier molecular flexibility index (Phi) is 5.02. The van der Waals surface area contributed by atoms with Crippen LogP contribution in [0.25, 0.3) is 11.3 Å². The van der Waals surface area contributed by atoms with Crippen molar-refractivity contribution in [3.63, 3.8) is 0 Å². The summed E-state index contributed by atoms with van der Waals surface area (Å²) in [5, 5.41) is 15.0. The summed E-state index contributed by atoms with van der Waals surface area (Å²) < 4.78 is 15.1. The van der Waals surface area contributed by atoms with Gasteiger partial charge < -0.3 is 10.0 Å². The van der Waals surface area contributed by atoms with E-state index in [1.165, 1.54) is 18.2 Å². The lowest BCUT2D eigenvalue weighted by Gasteiger charge is -2.47. The van der Waals surface area contributed by atoms with Gasteiger partial charge in [-0.05, 0) is 37.5 Å². The molecule has 1 aliphatic carbocycles. The first kappa shape index (κ1) is 18.8. The van der Waals surface area contributed by atoms with Crippen molar-refractivity contribution in [2.75, 3.05) is 13.1 Å². The van der Waals surface area contributed by atoms with Gasteiger partial charge in [-0.2, -0.15) is 5.10 Å². The molecule has 0 bridgehead atoms. The minimum atomic E-state index is -0.658. The molecule has 1 aliphatic heterocycles. The van der Waals surface area contributed by atoms with Crippen molar-refractivity contribution < 1.29 is 14.3 Å². The molecule has 2 aromatic rings. The summed E-state index contributed by atoms with van der Waals surface area (Å²) >= 11 is 0. The van der Waals surface area contributed by atoms with Gasteiger partial charge in [0.2, 0.25) is 5.91 Å². The molecule has 1 aromatic carbocycles. The molecule has 2 aliphatic rings. The Balaban J connectivity index is 1.51. The molecule has 6 nitrogen and oxygen atoms in total. The molecule has 1 amide bonds. The van der Waals surface area contributed by atoms with E-state index in [0.29, 0.717) is 25.2 Å². The van der Waals surface area contributed by atoms with Gasteiger partial charge in [0.05, 0.1) is 11.3 Å². The van der Waals surface area contributed by atoms with Crippen LogP contribution in [0.15, 0.2) is 41.2 Å². The van der Waals surface area contributed by atoms with Crippen molar-refractivity contribution in [1.29, 1.82) is 0 Å². The van der Waals surface area contributed by atoms with E-state index in [-0.39, 0.29) is 23.9 Å². The number of piperidine rings is 1. The molecule has 28 heavy (non-hydrogen) atoms. The van der Waals surface area contributed by atoms with Crippen molar-refractivity contribution in [1.82, 2.24) is 14.7 Å². The molecule has 0 radical (unpaired) electrons. The lowest BCUT2D eigenvalue weighted by atomic mass is 9.71. The second-order valence-corrected chi connectivity index (χ2v) is 7.83. The summed E-state index contributed by atoms with van der Waals surface area (Å²) in [4.78, 5) is 26.7. The Morgan fingerprint density at radius 2 is 2.04 bits per heavy atom. The summed E-state index contributed by atoms with van der Waals surface area (Å²) in [5.41, 5.74) is -0.464. The molecule has 2 heterocycles. The monoisotopic (exact) mass is 385 g/mol. The zero-order chi connectivity index (χ0) is 19.7. The van der Waals surface area contributed by atoms with Gasteiger partial charge in [-0.25, -0.2) is 9.07 Å². The van der Waals surface area contributed by atoms with Crippen molar-refractivity contribution in [3.05, 3.63) is 52.6 Å². The van der Waals surface area contributed by atoms with E-state index in [4.69, 9.17) is 0 Å². The first-order chi connectivity index (χ1) is 13.5. The zero-order valence-corrected chi connectivity index (χ0v) is 15.7. The third-order valence-corrected chi connectivity index (χ3v) is 6.08. The number of nitrogens with zero attached hydrogens (tertiary/aromatic N) is 3. The van der Waals surface area contributed by atoms with E-state index in [1.54, 1.807) is 23.1 Å². The fourth-order valence-corrected chi connectivity index (χ4v) is 4.40. The average molecular weight is 385 g/mol. The maximum absolute atomic E-state index is 14.0. The van der Waals surface area contributed by atoms with Crippen LogP contribution < -0.4 is 5.56 Å². The molecule has 0 spiro atoms. The van der Waals surface area contributed by atoms with Crippen molar-refractivity contribution >= 4 is 5.91 Å². The number of hydrogen-bond acceptors (Lipinski definition) is 4. The third-order valence-electron chi connectivity index (χ3n) is 6.08. The number of likely N-dealkylation sites (tertiary alicyclic amines) is 1. The highest BCUT2D eigenvalue weighted by atomic mass is 19.1. The number of fused-ring (bicyclic) bond motifs is 1. The standard InChI is InChI=1S/C21H24FN3O3/c22-17-7-2-1-6-16(17)18-8-9-19(26)25(23-18)14-20(27)24-12-11-21(28)10-4-3-5-15(21)13-24/h1-2,6-9,15,28H,3-5,10-14H2/t15-,21+/m1/s1. The van der Waals surface area contributed by atoms with Crippen LogP contribution in [0, 0.1) is 11.7 Å². The smallest absolute Gasteiger partial charge is 0.267 e. The lowest BCUT2D eigenvalue weighted by Crippen LogP contribution is -2.55. The maximum atomic E-state index is 14.0. The Morgan fingerprint density at radius 1 is 1.21 bits per heavy atom. The van der Waals surface area contributed by atoms with Crippen LogP contribution in [0.3, 0.4) is 0 Å². The molecule has 148 valence electrons. The summed E-state index contributed by atoms with van der Waals surface area (Å²) in [5.74, 6) is -0.541. The number of amides is 1. The molecule has 7 heteroatoms. The number of aromatic nitrogens is 2. The number of aliphatic hydroxyl groups is 1. The van der Waals surface area contributed by atoms with Crippen LogP contribution in [0.4, 0.5) is 4.39 Å². The van der Waals surface area contributed by atoms with Crippen LogP contribution in [-0.2, 0) is 11.3 Å². The molecular formula is C21H24FN3O3. The SMILES string of the molecule is O=C(Cn1nc(-c2ccccc2F)ccc1=O)N1CC[C@@]2(O)CCCC[C@@H]2C1. The molecule has 2 fully saturated rings. The van der Waals surface area contributed by atoms with Gasteiger partial charge in [-0.3, -0.25) is 9.59 Å². The van der Waals surface area contributed by atoms with Crippen LogP contribution in [0.2, 0.25) is 0 Å². The Bertz CT molecular complexity index is 944. The quantitative estimate of drug-likeness (QED) is 0.879.